The first-order chi connectivity index (χ1) is 14.6. The maximum absolute atomic E-state index is 13.5. The molecular weight excluding hydrogens is 428 g/mol. The number of fused-ring (bicyclic) bond motifs is 2. The lowest BCUT2D eigenvalue weighted by Gasteiger charge is -2.19. The third-order valence-electron chi connectivity index (χ3n) is 5.10. The molecule has 152 valence electrons. The first kappa shape index (κ1) is 19.3. The minimum atomic E-state index is -0.335. The fourth-order valence-electron chi connectivity index (χ4n) is 3.72. The minimum Gasteiger partial charge on any atom is -0.490 e. The summed E-state index contributed by atoms with van der Waals surface area (Å²) in [5.41, 5.74) is 4.19. The highest BCUT2D eigenvalue weighted by molar-refractivity contribution is 6.32. The van der Waals surface area contributed by atoms with Crippen LogP contribution in [0, 0.1) is 5.82 Å². The number of furan rings is 1. The Morgan fingerprint density at radius 2 is 1.93 bits per heavy atom. The summed E-state index contributed by atoms with van der Waals surface area (Å²) < 4.78 is 25.0. The second-order valence-corrected chi connectivity index (χ2v) is 7.90. The molecule has 2 aromatic carbocycles. The van der Waals surface area contributed by atoms with E-state index < -0.39 is 0 Å². The van der Waals surface area contributed by atoms with Crippen molar-refractivity contribution in [2.24, 2.45) is 0 Å². The molecule has 3 heterocycles. The Morgan fingerprint density at radius 1 is 1.10 bits per heavy atom. The summed E-state index contributed by atoms with van der Waals surface area (Å²) in [6.45, 7) is 2.57. The van der Waals surface area contributed by atoms with Crippen molar-refractivity contribution in [3.8, 4) is 16.9 Å². The third kappa shape index (κ3) is 3.74. The third-order valence-corrected chi connectivity index (χ3v) is 5.57. The van der Waals surface area contributed by atoms with Crippen LogP contribution >= 0.6 is 23.2 Å². The van der Waals surface area contributed by atoms with Gasteiger partial charge in [0.1, 0.15) is 23.8 Å². The van der Waals surface area contributed by atoms with Crippen molar-refractivity contribution in [1.29, 1.82) is 0 Å². The van der Waals surface area contributed by atoms with Gasteiger partial charge in [-0.3, -0.25) is 4.90 Å². The summed E-state index contributed by atoms with van der Waals surface area (Å²) in [4.78, 5) is 10.3. The van der Waals surface area contributed by atoms with Crippen LogP contribution in [-0.2, 0) is 13.1 Å². The van der Waals surface area contributed by atoms with Crippen molar-refractivity contribution in [1.82, 2.24) is 14.9 Å². The van der Waals surface area contributed by atoms with Gasteiger partial charge in [0, 0.05) is 60.2 Å². The van der Waals surface area contributed by atoms with Gasteiger partial charge in [-0.2, -0.15) is 0 Å². The molecule has 0 unspecified atom stereocenters. The molecule has 0 radical (unpaired) electrons. The van der Waals surface area contributed by atoms with E-state index in [2.05, 4.69) is 14.9 Å². The Labute approximate surface area is 182 Å². The summed E-state index contributed by atoms with van der Waals surface area (Å²) in [7, 11) is 0. The van der Waals surface area contributed by atoms with E-state index in [1.165, 1.54) is 12.1 Å². The zero-order valence-electron chi connectivity index (χ0n) is 15.7. The van der Waals surface area contributed by atoms with Crippen LogP contribution < -0.4 is 4.74 Å². The molecule has 4 aromatic rings. The average molecular weight is 444 g/mol. The van der Waals surface area contributed by atoms with Crippen LogP contribution in [-0.4, -0.2) is 28.0 Å². The number of ether oxygens (including phenoxy) is 1. The molecule has 30 heavy (non-hydrogen) atoms. The molecular formula is C22H16Cl2FN3O2. The fourth-order valence-corrected chi connectivity index (χ4v) is 4.11. The molecule has 1 aliphatic rings. The van der Waals surface area contributed by atoms with Crippen molar-refractivity contribution in [3.05, 3.63) is 76.2 Å². The molecule has 0 fully saturated rings. The SMILES string of the molecule is Fc1ccc2c(-c3cc(Cl)c4c(c3)CN(Cc3cnc(Cl)nc3)CCO4)coc2c1. The first-order valence-electron chi connectivity index (χ1n) is 9.38. The van der Waals surface area contributed by atoms with E-state index >= 15 is 0 Å². The van der Waals surface area contributed by atoms with Gasteiger partial charge in [-0.1, -0.05) is 11.6 Å². The van der Waals surface area contributed by atoms with E-state index in [-0.39, 0.29) is 11.1 Å². The van der Waals surface area contributed by atoms with Gasteiger partial charge < -0.3 is 9.15 Å². The molecule has 0 bridgehead atoms. The van der Waals surface area contributed by atoms with Crippen LogP contribution in [0.25, 0.3) is 22.1 Å². The molecule has 0 N–H and O–H groups in total. The van der Waals surface area contributed by atoms with Crippen molar-refractivity contribution >= 4 is 34.2 Å². The van der Waals surface area contributed by atoms with Crippen LogP contribution in [0.4, 0.5) is 4.39 Å². The van der Waals surface area contributed by atoms with Gasteiger partial charge in [-0.05, 0) is 41.4 Å². The zero-order valence-corrected chi connectivity index (χ0v) is 17.3. The molecule has 0 saturated heterocycles. The molecule has 0 spiro atoms. The maximum atomic E-state index is 13.5. The van der Waals surface area contributed by atoms with Crippen LogP contribution in [0.2, 0.25) is 10.3 Å². The lowest BCUT2D eigenvalue weighted by molar-refractivity contribution is 0.219. The average Bonchev–Trinajstić information content (AvgIpc) is 3.02. The topological polar surface area (TPSA) is 51.4 Å². The molecule has 0 aliphatic carbocycles. The van der Waals surface area contributed by atoms with E-state index in [4.69, 9.17) is 32.4 Å². The second-order valence-electron chi connectivity index (χ2n) is 7.16. The summed E-state index contributed by atoms with van der Waals surface area (Å²) in [6.07, 6.45) is 5.08. The van der Waals surface area contributed by atoms with Gasteiger partial charge >= 0.3 is 0 Å². The van der Waals surface area contributed by atoms with Gasteiger partial charge in [-0.15, -0.1) is 0 Å². The lowest BCUT2D eigenvalue weighted by Crippen LogP contribution is -2.25. The molecule has 1 aliphatic heterocycles. The molecule has 2 aromatic heterocycles. The molecule has 5 rings (SSSR count). The molecule has 0 atom stereocenters. The standard InChI is InChI=1S/C22H16Cl2FN3O2/c23-19-6-14(18-12-30-20-7-16(25)1-2-17(18)20)5-15-11-28(3-4-29-21(15)19)10-13-8-26-22(24)27-9-13/h1-2,5-9,12H,3-4,10-11H2. The van der Waals surface area contributed by atoms with Crippen molar-refractivity contribution < 1.29 is 13.5 Å². The Balaban J connectivity index is 1.49. The first-order valence-corrected chi connectivity index (χ1v) is 10.1. The van der Waals surface area contributed by atoms with Gasteiger partial charge in [-0.25, -0.2) is 14.4 Å². The van der Waals surface area contributed by atoms with Gasteiger partial charge in [0.2, 0.25) is 5.28 Å². The molecule has 0 saturated carbocycles. The number of rotatable bonds is 3. The van der Waals surface area contributed by atoms with Gasteiger partial charge in [0.25, 0.3) is 0 Å². The van der Waals surface area contributed by atoms with E-state index in [1.807, 2.05) is 12.1 Å². The van der Waals surface area contributed by atoms with Crippen molar-refractivity contribution in [2.45, 2.75) is 13.1 Å². The molecule has 8 heteroatoms. The highest BCUT2D eigenvalue weighted by Gasteiger charge is 2.21. The summed E-state index contributed by atoms with van der Waals surface area (Å²) in [5, 5.41) is 1.60. The van der Waals surface area contributed by atoms with Crippen LogP contribution in [0.1, 0.15) is 11.1 Å². The Bertz CT molecular complexity index is 1230. The smallest absolute Gasteiger partial charge is 0.222 e. The van der Waals surface area contributed by atoms with Gasteiger partial charge in [0.15, 0.2) is 0 Å². The maximum Gasteiger partial charge on any atom is 0.222 e. The fraction of sp³-hybridized carbons (Fsp3) is 0.182. The van der Waals surface area contributed by atoms with Crippen LogP contribution in [0.3, 0.4) is 0 Å². The Morgan fingerprint density at radius 3 is 2.77 bits per heavy atom. The monoisotopic (exact) mass is 443 g/mol. The van der Waals surface area contributed by atoms with E-state index in [0.717, 1.165) is 34.2 Å². The second kappa shape index (κ2) is 7.87. The van der Waals surface area contributed by atoms with Gasteiger partial charge in [0.05, 0.1) is 11.3 Å². The van der Waals surface area contributed by atoms with E-state index in [9.17, 15) is 4.39 Å². The van der Waals surface area contributed by atoms with Crippen molar-refractivity contribution in [2.75, 3.05) is 13.2 Å². The van der Waals surface area contributed by atoms with Crippen LogP contribution in [0.5, 0.6) is 5.75 Å². The van der Waals surface area contributed by atoms with Crippen LogP contribution in [0.15, 0.2) is 53.4 Å². The highest BCUT2D eigenvalue weighted by atomic mass is 35.5. The van der Waals surface area contributed by atoms with E-state index in [1.54, 1.807) is 24.7 Å². The number of benzene rings is 2. The summed E-state index contributed by atoms with van der Waals surface area (Å²) >= 11 is 12.4. The highest BCUT2D eigenvalue weighted by Crippen LogP contribution is 2.39. The number of hydrogen-bond acceptors (Lipinski definition) is 5. The number of nitrogens with zero attached hydrogens (tertiary/aromatic N) is 3. The Hall–Kier alpha value is -2.67. The Kier molecular flexibility index (Phi) is 5.06. The molecule has 0 amide bonds. The normalized spacial score (nSPS) is 14.4. The predicted octanol–water partition coefficient (Wildman–Crippen LogP) is 5.73. The van der Waals surface area contributed by atoms with E-state index in [0.29, 0.717) is 36.1 Å². The number of halogens is 3. The number of hydrogen-bond donors (Lipinski definition) is 0. The quantitative estimate of drug-likeness (QED) is 0.378. The largest absolute Gasteiger partial charge is 0.490 e. The molecule has 5 nitrogen and oxygen atoms in total. The van der Waals surface area contributed by atoms with Crippen molar-refractivity contribution in [3.63, 3.8) is 0 Å². The predicted molar refractivity (Wildman–Crippen MR) is 113 cm³/mol. The summed E-state index contributed by atoms with van der Waals surface area (Å²) in [5.74, 6) is 0.354. The number of aromatic nitrogens is 2. The minimum absolute atomic E-state index is 0.229. The lowest BCUT2D eigenvalue weighted by atomic mass is 10.0. The zero-order chi connectivity index (χ0) is 20.7. The summed E-state index contributed by atoms with van der Waals surface area (Å²) in [6, 6.07) is 8.42.